The van der Waals surface area contributed by atoms with Crippen LogP contribution in [0.4, 0.5) is 11.4 Å². The van der Waals surface area contributed by atoms with Crippen LogP contribution in [0.3, 0.4) is 0 Å². The number of fused-ring (bicyclic) bond motifs is 1. The minimum Gasteiger partial charge on any atom is -0.497 e. The molecule has 4 heterocycles. The Morgan fingerprint density at radius 2 is 1.59 bits per heavy atom. The molecule has 0 aliphatic carbocycles. The molecular weight excluding hydrogens is 562 g/mol. The number of rotatable bonds is 7. The third kappa shape index (κ3) is 4.65. The van der Waals surface area contributed by atoms with Gasteiger partial charge in [-0.05, 0) is 66.7 Å². The molecule has 0 N–H and O–H groups in total. The van der Waals surface area contributed by atoms with Crippen LogP contribution in [0.15, 0.2) is 90.2 Å². The summed E-state index contributed by atoms with van der Waals surface area (Å²) < 4.78 is 41.0. The zero-order valence-corrected chi connectivity index (χ0v) is 24.3. The molecule has 0 bridgehead atoms. The molecule has 2 aliphatic rings. The second kappa shape index (κ2) is 10.8. The van der Waals surface area contributed by atoms with Crippen molar-refractivity contribution in [1.82, 2.24) is 14.9 Å². The van der Waals surface area contributed by atoms with Crippen LogP contribution in [0.2, 0.25) is 5.02 Å². The number of sulfonamides is 1. The molecule has 1 saturated heterocycles. The van der Waals surface area contributed by atoms with Gasteiger partial charge in [0.05, 0.1) is 36.9 Å². The first-order valence-corrected chi connectivity index (χ1v) is 15.1. The maximum atomic E-state index is 14.2. The number of hydrogen-bond acceptors (Lipinski definition) is 8. The third-order valence-electron chi connectivity index (χ3n) is 7.95. The van der Waals surface area contributed by atoms with Crippen molar-refractivity contribution < 1.29 is 17.9 Å². The quantitative estimate of drug-likeness (QED) is 0.312. The van der Waals surface area contributed by atoms with Crippen molar-refractivity contribution in [2.45, 2.75) is 10.4 Å². The van der Waals surface area contributed by atoms with Crippen LogP contribution in [0.5, 0.6) is 11.6 Å². The Morgan fingerprint density at radius 3 is 2.27 bits per heavy atom. The van der Waals surface area contributed by atoms with Gasteiger partial charge in [-0.25, -0.2) is 13.4 Å². The van der Waals surface area contributed by atoms with E-state index in [0.717, 1.165) is 29.9 Å². The van der Waals surface area contributed by atoms with Crippen LogP contribution >= 0.6 is 11.6 Å². The second-order valence-electron chi connectivity index (χ2n) is 9.95. The monoisotopic (exact) mass is 591 g/mol. The van der Waals surface area contributed by atoms with E-state index in [1.165, 1.54) is 4.31 Å². The summed E-state index contributed by atoms with van der Waals surface area (Å²) in [5, 5.41) is 0.523. The minimum atomic E-state index is -3.95. The Balaban J connectivity index is 1.49. The van der Waals surface area contributed by atoms with Gasteiger partial charge in [-0.15, -0.1) is 0 Å². The zero-order chi connectivity index (χ0) is 28.6. The lowest BCUT2D eigenvalue weighted by atomic mass is 9.82. The summed E-state index contributed by atoms with van der Waals surface area (Å²) in [6, 6.07) is 19.7. The predicted molar refractivity (Wildman–Crippen MR) is 159 cm³/mol. The van der Waals surface area contributed by atoms with Crippen LogP contribution in [0.25, 0.3) is 0 Å². The summed E-state index contributed by atoms with van der Waals surface area (Å²) in [7, 11) is -0.818. The topological polar surface area (TPSA) is 88.1 Å². The third-order valence-corrected chi connectivity index (χ3v) is 9.96. The average Bonchev–Trinajstić information content (AvgIpc) is 3.37. The van der Waals surface area contributed by atoms with Gasteiger partial charge in [-0.2, -0.15) is 0 Å². The molecule has 0 radical (unpaired) electrons. The van der Waals surface area contributed by atoms with Crippen LogP contribution in [0, 0.1) is 0 Å². The molecule has 6 rings (SSSR count). The molecule has 212 valence electrons. The summed E-state index contributed by atoms with van der Waals surface area (Å²) >= 11 is 6.60. The highest BCUT2D eigenvalue weighted by Crippen LogP contribution is 2.52. The van der Waals surface area contributed by atoms with Gasteiger partial charge in [0.25, 0.3) is 10.0 Å². The molecule has 11 heteroatoms. The van der Waals surface area contributed by atoms with E-state index in [1.807, 2.05) is 30.3 Å². The van der Waals surface area contributed by atoms with E-state index in [2.05, 4.69) is 19.8 Å². The average molecular weight is 592 g/mol. The highest BCUT2D eigenvalue weighted by molar-refractivity contribution is 7.92. The number of ether oxygens (including phenoxy) is 2. The summed E-state index contributed by atoms with van der Waals surface area (Å²) in [6.45, 7) is 2.96. The number of benzene rings is 2. The first-order chi connectivity index (χ1) is 19.9. The second-order valence-corrected chi connectivity index (χ2v) is 12.2. The van der Waals surface area contributed by atoms with Crippen LogP contribution in [-0.2, 0) is 15.6 Å². The molecule has 0 amide bonds. The number of pyridine rings is 2. The molecule has 4 aromatic rings. The Hall–Kier alpha value is -3.86. The van der Waals surface area contributed by atoms with Crippen molar-refractivity contribution in [2.24, 2.45) is 0 Å². The Kier molecular flexibility index (Phi) is 7.23. The number of anilines is 2. The lowest BCUT2D eigenvalue weighted by Gasteiger charge is -2.47. The summed E-state index contributed by atoms with van der Waals surface area (Å²) in [4.78, 5) is 13.5. The van der Waals surface area contributed by atoms with Gasteiger partial charge >= 0.3 is 0 Å². The fourth-order valence-corrected chi connectivity index (χ4v) is 7.65. The van der Waals surface area contributed by atoms with E-state index in [1.54, 1.807) is 69.2 Å². The van der Waals surface area contributed by atoms with Crippen molar-refractivity contribution in [1.29, 1.82) is 0 Å². The van der Waals surface area contributed by atoms with Crippen molar-refractivity contribution in [3.8, 4) is 11.6 Å². The smallest absolute Gasteiger partial charge is 0.264 e. The van der Waals surface area contributed by atoms with Crippen molar-refractivity contribution in [2.75, 3.05) is 56.1 Å². The van der Waals surface area contributed by atoms with Crippen molar-refractivity contribution >= 4 is 33.0 Å². The fourth-order valence-electron chi connectivity index (χ4n) is 5.96. The molecule has 2 aromatic carbocycles. The van der Waals surface area contributed by atoms with E-state index >= 15 is 0 Å². The Morgan fingerprint density at radius 1 is 0.854 bits per heavy atom. The normalized spacial score (nSPS) is 19.2. The largest absolute Gasteiger partial charge is 0.497 e. The van der Waals surface area contributed by atoms with Gasteiger partial charge in [0, 0.05) is 66.6 Å². The molecule has 1 atom stereocenters. The van der Waals surface area contributed by atoms with Gasteiger partial charge in [0.2, 0.25) is 5.88 Å². The predicted octanol–water partition coefficient (Wildman–Crippen LogP) is 4.42. The molecule has 0 spiro atoms. The number of halogens is 1. The van der Waals surface area contributed by atoms with E-state index in [4.69, 9.17) is 21.1 Å². The maximum Gasteiger partial charge on any atom is 0.264 e. The molecule has 0 saturated carbocycles. The van der Waals surface area contributed by atoms with Crippen molar-refractivity contribution in [3.05, 3.63) is 101 Å². The van der Waals surface area contributed by atoms with Crippen LogP contribution in [0.1, 0.15) is 11.1 Å². The standard InChI is InChI=1S/C30H30ClN5O4S/c1-39-24-6-8-25(9-7-24)41(37,38)36-21-30(26-4-3-13-33-29(26)40-2,27-20-22(31)5-10-28(27)36)35-18-16-34(17-19-35)23-11-14-32-15-12-23/h3-15,20H,16-19,21H2,1-2H3. The van der Waals surface area contributed by atoms with E-state index < -0.39 is 15.6 Å². The maximum absolute atomic E-state index is 14.2. The number of hydrogen-bond donors (Lipinski definition) is 0. The van der Waals surface area contributed by atoms with Gasteiger partial charge in [0.15, 0.2) is 0 Å². The number of piperazine rings is 1. The fraction of sp³-hybridized carbons (Fsp3) is 0.267. The molecule has 41 heavy (non-hydrogen) atoms. The highest BCUT2D eigenvalue weighted by atomic mass is 35.5. The highest BCUT2D eigenvalue weighted by Gasteiger charge is 2.53. The lowest BCUT2D eigenvalue weighted by molar-refractivity contribution is 0.124. The number of methoxy groups -OCH3 is 2. The van der Waals surface area contributed by atoms with Gasteiger partial charge < -0.3 is 14.4 Å². The molecule has 9 nitrogen and oxygen atoms in total. The van der Waals surface area contributed by atoms with E-state index in [0.29, 0.717) is 35.4 Å². The molecular formula is C30H30ClN5O4S. The van der Waals surface area contributed by atoms with E-state index in [-0.39, 0.29) is 11.4 Å². The molecule has 2 aromatic heterocycles. The lowest BCUT2D eigenvalue weighted by Crippen LogP contribution is -2.58. The number of aromatic nitrogens is 2. The first kappa shape index (κ1) is 27.3. The first-order valence-electron chi connectivity index (χ1n) is 13.2. The molecule has 1 fully saturated rings. The SMILES string of the molecule is COc1ccc(S(=O)(=O)N2CC(c3cccnc3OC)(N3CCN(c4ccncc4)CC3)c3cc(Cl)ccc32)cc1. The summed E-state index contributed by atoms with van der Waals surface area (Å²) in [5.41, 5.74) is 2.37. The van der Waals surface area contributed by atoms with Gasteiger partial charge in [-0.3, -0.25) is 14.2 Å². The minimum absolute atomic E-state index is 0.133. The van der Waals surface area contributed by atoms with Crippen molar-refractivity contribution in [3.63, 3.8) is 0 Å². The Bertz CT molecular complexity index is 1650. The van der Waals surface area contributed by atoms with Crippen LogP contribution in [-0.4, -0.2) is 70.2 Å². The Labute approximate surface area is 245 Å². The number of nitrogens with zero attached hydrogens (tertiary/aromatic N) is 5. The van der Waals surface area contributed by atoms with Crippen LogP contribution < -0.4 is 18.7 Å². The molecule has 1 unspecified atom stereocenters. The van der Waals surface area contributed by atoms with Gasteiger partial charge in [0.1, 0.15) is 5.75 Å². The van der Waals surface area contributed by atoms with Gasteiger partial charge in [-0.1, -0.05) is 11.6 Å². The zero-order valence-electron chi connectivity index (χ0n) is 22.8. The molecule has 2 aliphatic heterocycles. The summed E-state index contributed by atoms with van der Waals surface area (Å²) in [5.74, 6) is 1.03. The van der Waals surface area contributed by atoms with E-state index in [9.17, 15) is 8.42 Å². The summed E-state index contributed by atoms with van der Waals surface area (Å²) in [6.07, 6.45) is 5.26.